The van der Waals surface area contributed by atoms with Crippen LogP contribution in [0.15, 0.2) is 73.6 Å². The van der Waals surface area contributed by atoms with Gasteiger partial charge in [-0.25, -0.2) is 19.3 Å². The van der Waals surface area contributed by atoms with Crippen molar-refractivity contribution in [2.45, 2.75) is 0 Å². The number of halogens is 1. The number of amides is 1. The summed E-state index contributed by atoms with van der Waals surface area (Å²) in [5.41, 5.74) is 3.48. The highest BCUT2D eigenvalue weighted by Gasteiger charge is 2.18. The zero-order valence-corrected chi connectivity index (χ0v) is 21.7. The third kappa shape index (κ3) is 6.19. The zero-order valence-electron chi connectivity index (χ0n) is 21.7. The summed E-state index contributed by atoms with van der Waals surface area (Å²) in [5, 5.41) is 6.53. The first-order chi connectivity index (χ1) is 19.0. The molecule has 4 aromatic rings. The van der Waals surface area contributed by atoms with Crippen molar-refractivity contribution in [1.29, 1.82) is 0 Å². The molecule has 2 aromatic carbocycles. The molecule has 10 heteroatoms. The van der Waals surface area contributed by atoms with Crippen LogP contribution in [0.4, 0.5) is 27.5 Å². The fourth-order valence-corrected chi connectivity index (χ4v) is 4.57. The maximum Gasteiger partial charge on any atom is 0.248 e. The molecule has 3 heterocycles. The number of carbonyl (C=O) groups is 1. The number of anilines is 4. The van der Waals surface area contributed by atoms with Crippen molar-refractivity contribution in [2.24, 2.45) is 0 Å². The van der Waals surface area contributed by atoms with Crippen molar-refractivity contribution in [3.8, 4) is 11.1 Å². The Balaban J connectivity index is 1.35. The van der Waals surface area contributed by atoms with Gasteiger partial charge in [0, 0.05) is 68.9 Å². The number of pyridine rings is 1. The van der Waals surface area contributed by atoms with Crippen LogP contribution in [0.2, 0.25) is 0 Å². The average Bonchev–Trinajstić information content (AvgIpc) is 2.97. The van der Waals surface area contributed by atoms with Crippen molar-refractivity contribution in [2.75, 3.05) is 62.0 Å². The molecule has 200 valence electrons. The fraction of sp³-hybridized carbons (Fsp3) is 0.241. The van der Waals surface area contributed by atoms with Gasteiger partial charge < -0.3 is 20.3 Å². The molecule has 5 rings (SSSR count). The molecule has 0 bridgehead atoms. The lowest BCUT2D eigenvalue weighted by atomic mass is 10.0. The van der Waals surface area contributed by atoms with Gasteiger partial charge in [0.25, 0.3) is 0 Å². The second-order valence-electron chi connectivity index (χ2n) is 9.17. The smallest absolute Gasteiger partial charge is 0.248 e. The van der Waals surface area contributed by atoms with E-state index >= 15 is 4.39 Å². The number of hydrogen-bond donors (Lipinski definition) is 2. The maximum atomic E-state index is 15.1. The Hall–Kier alpha value is -4.41. The van der Waals surface area contributed by atoms with Crippen LogP contribution in [-0.2, 0) is 9.53 Å². The summed E-state index contributed by atoms with van der Waals surface area (Å²) >= 11 is 0. The minimum Gasteiger partial charge on any atom is -0.383 e. The molecule has 1 aliphatic heterocycles. The Labute approximate surface area is 226 Å². The van der Waals surface area contributed by atoms with Crippen LogP contribution in [-0.4, -0.2) is 72.2 Å². The van der Waals surface area contributed by atoms with E-state index in [1.165, 1.54) is 6.08 Å². The van der Waals surface area contributed by atoms with E-state index in [0.717, 1.165) is 54.9 Å². The second kappa shape index (κ2) is 12.0. The Bertz CT molecular complexity index is 1490. The molecule has 1 amide bonds. The Kier molecular flexibility index (Phi) is 8.04. The van der Waals surface area contributed by atoms with Crippen molar-refractivity contribution < 1.29 is 13.9 Å². The van der Waals surface area contributed by atoms with Gasteiger partial charge in [-0.3, -0.25) is 9.69 Å². The highest BCUT2D eigenvalue weighted by atomic mass is 19.1. The summed E-state index contributed by atoms with van der Waals surface area (Å²) in [6, 6.07) is 14.5. The maximum absolute atomic E-state index is 15.1. The summed E-state index contributed by atoms with van der Waals surface area (Å²) in [6.45, 7) is 8.59. The van der Waals surface area contributed by atoms with E-state index in [2.05, 4.69) is 37.0 Å². The van der Waals surface area contributed by atoms with Crippen molar-refractivity contribution >= 4 is 40.0 Å². The minimum absolute atomic E-state index is 0.280. The summed E-state index contributed by atoms with van der Waals surface area (Å²) in [5.74, 6) is -0.0326. The third-order valence-corrected chi connectivity index (χ3v) is 6.67. The van der Waals surface area contributed by atoms with Gasteiger partial charge in [-0.1, -0.05) is 24.8 Å². The number of ether oxygens (including phenoxy) is 1. The number of piperazine rings is 1. The Morgan fingerprint density at radius 3 is 2.74 bits per heavy atom. The van der Waals surface area contributed by atoms with Crippen LogP contribution in [0.25, 0.3) is 22.0 Å². The molecular weight excluding hydrogens is 497 g/mol. The SMILES string of the molecule is C=CC(=O)Nc1cc(-c2cccc3cnc(Nc4ccc(N5CCN(CCOC)CC5)cc4F)nc23)ccn1. The topological polar surface area (TPSA) is 95.5 Å². The van der Waals surface area contributed by atoms with Crippen LogP contribution < -0.4 is 15.5 Å². The van der Waals surface area contributed by atoms with Crippen molar-refractivity contribution in [3.63, 3.8) is 0 Å². The Morgan fingerprint density at radius 2 is 1.97 bits per heavy atom. The molecule has 0 atom stereocenters. The molecule has 0 radical (unpaired) electrons. The molecule has 0 aliphatic carbocycles. The number of hydrogen-bond acceptors (Lipinski definition) is 8. The summed E-state index contributed by atoms with van der Waals surface area (Å²) in [6.07, 6.45) is 4.50. The van der Waals surface area contributed by atoms with Gasteiger partial charge in [0.2, 0.25) is 11.9 Å². The number of carbonyl (C=O) groups excluding carboxylic acids is 1. The van der Waals surface area contributed by atoms with Crippen LogP contribution in [0, 0.1) is 5.82 Å². The predicted molar refractivity (Wildman–Crippen MR) is 152 cm³/mol. The molecule has 39 heavy (non-hydrogen) atoms. The number of fused-ring (bicyclic) bond motifs is 1. The van der Waals surface area contributed by atoms with Gasteiger partial charge >= 0.3 is 0 Å². The molecule has 1 fully saturated rings. The average molecular weight is 528 g/mol. The molecule has 0 spiro atoms. The standard InChI is InChI=1S/C29H30FN7O2/c1-3-27(38)34-26-17-20(9-10-31-26)23-6-4-5-21-19-32-29(35-28(21)23)33-25-8-7-22(18-24(25)30)37-13-11-36(12-14-37)15-16-39-2/h3-10,17-19H,1,11-16H2,2H3,(H,31,34,38)(H,32,33,35). The first-order valence-electron chi connectivity index (χ1n) is 12.7. The molecule has 2 aromatic heterocycles. The van der Waals surface area contributed by atoms with Gasteiger partial charge in [0.05, 0.1) is 17.8 Å². The summed E-state index contributed by atoms with van der Waals surface area (Å²) in [7, 11) is 1.71. The second-order valence-corrected chi connectivity index (χ2v) is 9.17. The van der Waals surface area contributed by atoms with Crippen molar-refractivity contribution in [3.05, 3.63) is 79.4 Å². The van der Waals surface area contributed by atoms with Crippen LogP contribution in [0.1, 0.15) is 0 Å². The number of rotatable bonds is 9. The molecule has 2 N–H and O–H groups in total. The fourth-order valence-electron chi connectivity index (χ4n) is 4.57. The minimum atomic E-state index is -0.372. The number of methoxy groups -OCH3 is 1. The molecule has 0 unspecified atom stereocenters. The van der Waals surface area contributed by atoms with Gasteiger partial charge in [-0.2, -0.15) is 0 Å². The third-order valence-electron chi connectivity index (χ3n) is 6.67. The first kappa shape index (κ1) is 26.2. The highest BCUT2D eigenvalue weighted by Crippen LogP contribution is 2.30. The monoisotopic (exact) mass is 527 g/mol. The van der Waals surface area contributed by atoms with E-state index in [1.54, 1.807) is 37.7 Å². The van der Waals surface area contributed by atoms with Crippen molar-refractivity contribution in [1.82, 2.24) is 19.9 Å². The number of nitrogens with one attached hydrogen (secondary N) is 2. The number of para-hydroxylation sites is 1. The van der Waals surface area contributed by atoms with Gasteiger partial charge in [-0.05, 0) is 42.0 Å². The largest absolute Gasteiger partial charge is 0.383 e. The van der Waals surface area contributed by atoms with E-state index < -0.39 is 0 Å². The van der Waals surface area contributed by atoms with Gasteiger partial charge in [0.1, 0.15) is 11.6 Å². The van der Waals surface area contributed by atoms with E-state index in [-0.39, 0.29) is 17.7 Å². The highest BCUT2D eigenvalue weighted by molar-refractivity contribution is 5.99. The number of aromatic nitrogens is 3. The Morgan fingerprint density at radius 1 is 1.13 bits per heavy atom. The predicted octanol–water partition coefficient (Wildman–Crippen LogP) is 4.47. The summed E-state index contributed by atoms with van der Waals surface area (Å²) in [4.78, 5) is 29.5. The first-order valence-corrected chi connectivity index (χ1v) is 12.7. The molecular formula is C29H30FN7O2. The van der Waals surface area contributed by atoms with Crippen LogP contribution in [0.3, 0.4) is 0 Å². The summed E-state index contributed by atoms with van der Waals surface area (Å²) < 4.78 is 20.3. The lowest BCUT2D eigenvalue weighted by Gasteiger charge is -2.36. The van der Waals surface area contributed by atoms with E-state index in [4.69, 9.17) is 9.72 Å². The van der Waals surface area contributed by atoms with Gasteiger partial charge in [0.15, 0.2) is 0 Å². The van der Waals surface area contributed by atoms with E-state index in [9.17, 15) is 4.79 Å². The van der Waals surface area contributed by atoms with Gasteiger partial charge in [-0.15, -0.1) is 0 Å². The molecule has 9 nitrogen and oxygen atoms in total. The number of benzene rings is 2. The van der Waals surface area contributed by atoms with E-state index in [0.29, 0.717) is 23.6 Å². The molecule has 1 saturated heterocycles. The lowest BCUT2D eigenvalue weighted by Crippen LogP contribution is -2.47. The zero-order chi connectivity index (χ0) is 27.2. The lowest BCUT2D eigenvalue weighted by molar-refractivity contribution is -0.111. The molecule has 0 saturated carbocycles. The number of nitrogens with zero attached hydrogens (tertiary/aromatic N) is 5. The van der Waals surface area contributed by atoms with E-state index in [1.807, 2.05) is 30.3 Å². The van der Waals surface area contributed by atoms with Crippen LogP contribution in [0.5, 0.6) is 0 Å². The normalized spacial score (nSPS) is 13.8. The molecule has 1 aliphatic rings. The quantitative estimate of drug-likeness (QED) is 0.308. The van der Waals surface area contributed by atoms with Crippen LogP contribution >= 0.6 is 0 Å².